The average Bonchev–Trinajstić information content (AvgIpc) is 2.68. The van der Waals surface area contributed by atoms with Gasteiger partial charge in [0, 0.05) is 30.2 Å². The molecule has 1 aliphatic rings. The summed E-state index contributed by atoms with van der Waals surface area (Å²) in [5.74, 6) is 0. The topological polar surface area (TPSA) is 31.1 Å². The van der Waals surface area contributed by atoms with Crippen molar-refractivity contribution in [2.24, 2.45) is 0 Å². The van der Waals surface area contributed by atoms with E-state index in [1.165, 1.54) is 61.9 Å². The van der Waals surface area contributed by atoms with Crippen LogP contribution in [0.3, 0.4) is 0 Å². The summed E-state index contributed by atoms with van der Waals surface area (Å²) in [4.78, 5) is 5.96. The van der Waals surface area contributed by atoms with E-state index in [0.29, 0.717) is 0 Å². The van der Waals surface area contributed by atoms with Crippen LogP contribution in [0, 0.1) is 0 Å². The summed E-state index contributed by atoms with van der Waals surface area (Å²) in [7, 11) is 0. The van der Waals surface area contributed by atoms with Crippen LogP contribution in [-0.4, -0.2) is 42.6 Å². The molecule has 1 fully saturated rings. The SMILES string of the molecule is c1ccc2c(CCCN3CCCNCC3)c[nH]c2c1. The lowest BCUT2D eigenvalue weighted by atomic mass is 10.1. The zero-order chi connectivity index (χ0) is 12.9. The molecule has 0 amide bonds. The van der Waals surface area contributed by atoms with Crippen LogP contribution in [-0.2, 0) is 6.42 Å². The second-order valence-electron chi connectivity index (χ2n) is 5.41. The van der Waals surface area contributed by atoms with Gasteiger partial charge in [-0.2, -0.15) is 0 Å². The first-order chi connectivity index (χ1) is 9.43. The minimum absolute atomic E-state index is 1.15. The number of para-hydroxylation sites is 1. The monoisotopic (exact) mass is 257 g/mol. The summed E-state index contributed by atoms with van der Waals surface area (Å²) in [5, 5.41) is 4.85. The highest BCUT2D eigenvalue weighted by Gasteiger charge is 2.08. The van der Waals surface area contributed by atoms with Crippen LogP contribution >= 0.6 is 0 Å². The number of aromatic nitrogens is 1. The number of nitrogens with one attached hydrogen (secondary N) is 2. The lowest BCUT2D eigenvalue weighted by Gasteiger charge is -2.18. The van der Waals surface area contributed by atoms with Crippen LogP contribution in [0.25, 0.3) is 10.9 Å². The van der Waals surface area contributed by atoms with Crippen LogP contribution in [0.15, 0.2) is 30.5 Å². The summed E-state index contributed by atoms with van der Waals surface area (Å²) in [6.07, 6.45) is 5.89. The van der Waals surface area contributed by atoms with Gasteiger partial charge < -0.3 is 15.2 Å². The molecule has 2 aromatic rings. The minimum Gasteiger partial charge on any atom is -0.361 e. The van der Waals surface area contributed by atoms with Gasteiger partial charge in [0.2, 0.25) is 0 Å². The zero-order valence-electron chi connectivity index (χ0n) is 11.5. The zero-order valence-corrected chi connectivity index (χ0v) is 11.5. The summed E-state index contributed by atoms with van der Waals surface area (Å²) < 4.78 is 0. The van der Waals surface area contributed by atoms with Gasteiger partial charge in [0.1, 0.15) is 0 Å². The Bertz CT molecular complexity index is 509. The van der Waals surface area contributed by atoms with E-state index in [0.717, 1.165) is 6.54 Å². The number of aryl methyl sites for hydroxylation is 1. The molecular weight excluding hydrogens is 234 g/mol. The second kappa shape index (κ2) is 6.22. The molecule has 0 unspecified atom stereocenters. The van der Waals surface area contributed by atoms with Gasteiger partial charge in [0.05, 0.1) is 0 Å². The molecule has 0 atom stereocenters. The molecule has 2 heterocycles. The number of hydrogen-bond donors (Lipinski definition) is 2. The molecule has 3 heteroatoms. The number of benzene rings is 1. The number of H-pyrrole nitrogens is 1. The van der Waals surface area contributed by atoms with Crippen molar-refractivity contribution in [2.75, 3.05) is 32.7 Å². The van der Waals surface area contributed by atoms with E-state index >= 15 is 0 Å². The first-order valence-electron chi connectivity index (χ1n) is 7.41. The van der Waals surface area contributed by atoms with Crippen molar-refractivity contribution >= 4 is 10.9 Å². The molecule has 0 bridgehead atoms. The van der Waals surface area contributed by atoms with Gasteiger partial charge in [-0.25, -0.2) is 0 Å². The molecule has 102 valence electrons. The highest BCUT2D eigenvalue weighted by atomic mass is 15.1. The number of aromatic amines is 1. The van der Waals surface area contributed by atoms with Crippen LogP contribution in [0.1, 0.15) is 18.4 Å². The van der Waals surface area contributed by atoms with Crippen LogP contribution in [0.2, 0.25) is 0 Å². The van der Waals surface area contributed by atoms with E-state index in [9.17, 15) is 0 Å². The summed E-state index contributed by atoms with van der Waals surface area (Å²) >= 11 is 0. The van der Waals surface area contributed by atoms with Gasteiger partial charge in [0.25, 0.3) is 0 Å². The van der Waals surface area contributed by atoms with E-state index in [2.05, 4.69) is 45.7 Å². The van der Waals surface area contributed by atoms with Crippen molar-refractivity contribution in [2.45, 2.75) is 19.3 Å². The highest BCUT2D eigenvalue weighted by Crippen LogP contribution is 2.19. The maximum Gasteiger partial charge on any atom is 0.0456 e. The van der Waals surface area contributed by atoms with Gasteiger partial charge in [-0.15, -0.1) is 0 Å². The predicted molar refractivity (Wildman–Crippen MR) is 80.5 cm³/mol. The Kier molecular flexibility index (Phi) is 4.16. The summed E-state index contributed by atoms with van der Waals surface area (Å²) in [5.41, 5.74) is 2.72. The third-order valence-corrected chi connectivity index (χ3v) is 4.03. The fourth-order valence-corrected chi connectivity index (χ4v) is 2.96. The fourth-order valence-electron chi connectivity index (χ4n) is 2.96. The van der Waals surface area contributed by atoms with Gasteiger partial charge >= 0.3 is 0 Å². The molecule has 0 aliphatic carbocycles. The standard InChI is InChI=1S/C16H23N3/c1-2-7-16-15(6-1)14(13-18-16)5-3-10-19-11-4-8-17-9-12-19/h1-2,6-7,13,17-18H,3-5,8-12H2. The summed E-state index contributed by atoms with van der Waals surface area (Å²) in [6, 6.07) is 8.59. The predicted octanol–water partition coefficient (Wildman–Crippen LogP) is 2.40. The van der Waals surface area contributed by atoms with E-state index < -0.39 is 0 Å². The largest absolute Gasteiger partial charge is 0.361 e. The minimum atomic E-state index is 1.15. The molecule has 1 aliphatic heterocycles. The lowest BCUT2D eigenvalue weighted by molar-refractivity contribution is 0.289. The van der Waals surface area contributed by atoms with Gasteiger partial charge in [0.15, 0.2) is 0 Å². The van der Waals surface area contributed by atoms with Crippen LogP contribution in [0.4, 0.5) is 0 Å². The van der Waals surface area contributed by atoms with Crippen molar-refractivity contribution in [3.8, 4) is 0 Å². The average molecular weight is 257 g/mol. The third-order valence-electron chi connectivity index (χ3n) is 4.03. The molecule has 0 saturated carbocycles. The number of nitrogens with zero attached hydrogens (tertiary/aromatic N) is 1. The van der Waals surface area contributed by atoms with E-state index in [1.54, 1.807) is 0 Å². The first kappa shape index (κ1) is 12.7. The molecule has 0 spiro atoms. The third kappa shape index (κ3) is 3.17. The highest BCUT2D eigenvalue weighted by molar-refractivity contribution is 5.82. The lowest BCUT2D eigenvalue weighted by Crippen LogP contribution is -2.29. The molecule has 19 heavy (non-hydrogen) atoms. The van der Waals surface area contributed by atoms with E-state index in [4.69, 9.17) is 0 Å². The Morgan fingerprint density at radius 1 is 1.11 bits per heavy atom. The second-order valence-corrected chi connectivity index (χ2v) is 5.41. The molecule has 2 N–H and O–H groups in total. The normalized spacial score (nSPS) is 17.7. The van der Waals surface area contributed by atoms with Crippen LogP contribution in [0.5, 0.6) is 0 Å². The number of rotatable bonds is 4. The maximum absolute atomic E-state index is 3.46. The van der Waals surface area contributed by atoms with Crippen molar-refractivity contribution < 1.29 is 0 Å². The van der Waals surface area contributed by atoms with Crippen molar-refractivity contribution in [3.05, 3.63) is 36.0 Å². The van der Waals surface area contributed by atoms with E-state index in [-0.39, 0.29) is 0 Å². The molecule has 3 rings (SSSR count). The van der Waals surface area contributed by atoms with Gasteiger partial charge in [-0.1, -0.05) is 18.2 Å². The Morgan fingerprint density at radius 2 is 2.05 bits per heavy atom. The van der Waals surface area contributed by atoms with Crippen molar-refractivity contribution in [1.29, 1.82) is 0 Å². The van der Waals surface area contributed by atoms with Crippen molar-refractivity contribution in [1.82, 2.24) is 15.2 Å². The Balaban J connectivity index is 1.54. The molecule has 3 nitrogen and oxygen atoms in total. The number of hydrogen-bond acceptors (Lipinski definition) is 2. The van der Waals surface area contributed by atoms with Gasteiger partial charge in [-0.05, 0) is 50.5 Å². The molecule has 1 aromatic heterocycles. The summed E-state index contributed by atoms with van der Waals surface area (Å²) in [6.45, 7) is 6.00. The van der Waals surface area contributed by atoms with Crippen LogP contribution < -0.4 is 5.32 Å². The Morgan fingerprint density at radius 3 is 3.05 bits per heavy atom. The number of fused-ring (bicyclic) bond motifs is 1. The maximum atomic E-state index is 3.46. The first-order valence-corrected chi connectivity index (χ1v) is 7.41. The molecular formula is C16H23N3. The fraction of sp³-hybridized carbons (Fsp3) is 0.500. The molecule has 1 saturated heterocycles. The smallest absolute Gasteiger partial charge is 0.0456 e. The Hall–Kier alpha value is -1.32. The Labute approximate surface area is 115 Å². The molecule has 0 radical (unpaired) electrons. The van der Waals surface area contributed by atoms with Crippen molar-refractivity contribution in [3.63, 3.8) is 0 Å². The molecule has 1 aromatic carbocycles. The van der Waals surface area contributed by atoms with E-state index in [1.807, 2.05) is 0 Å². The quantitative estimate of drug-likeness (QED) is 0.881. The van der Waals surface area contributed by atoms with Gasteiger partial charge in [-0.3, -0.25) is 0 Å².